The van der Waals surface area contributed by atoms with Gasteiger partial charge in [0, 0.05) is 36.5 Å². The molecular weight excluding hydrogens is 348 g/mol. The van der Waals surface area contributed by atoms with Crippen LogP contribution in [0.2, 0.25) is 0 Å². The molecule has 0 aromatic heterocycles. The number of allylic oxidation sites excluding steroid dienone is 1. The fourth-order valence-electron chi connectivity index (χ4n) is 4.03. The van der Waals surface area contributed by atoms with Gasteiger partial charge in [0.15, 0.2) is 5.71 Å². The van der Waals surface area contributed by atoms with E-state index in [1.165, 1.54) is 5.69 Å². The molecule has 0 fully saturated rings. The van der Waals surface area contributed by atoms with Gasteiger partial charge in [-0.2, -0.15) is 4.58 Å². The van der Waals surface area contributed by atoms with Crippen molar-refractivity contribution in [2.24, 2.45) is 0 Å². The van der Waals surface area contributed by atoms with Gasteiger partial charge >= 0.3 is 5.97 Å². The number of hydrogen-bond donors (Lipinski definition) is 1. The molecule has 0 unspecified atom stereocenters. The Morgan fingerprint density at radius 1 is 1.07 bits per heavy atom. The summed E-state index contributed by atoms with van der Waals surface area (Å²) in [5.74, 6) is -0.890. The molecule has 0 amide bonds. The van der Waals surface area contributed by atoms with Gasteiger partial charge < -0.3 is 10.0 Å². The molecule has 0 atom stereocenters. The van der Waals surface area contributed by atoms with Crippen LogP contribution in [-0.4, -0.2) is 41.5 Å². The zero-order valence-corrected chi connectivity index (χ0v) is 17.4. The Kier molecular flexibility index (Phi) is 5.41. The van der Waals surface area contributed by atoms with E-state index in [4.69, 9.17) is 0 Å². The SMILES string of the molecule is CCN(CC)c1ccc(C=CC2=[N+](C)c3ccc(C(=O)O)cc3C2(C)C)cc1. The fourth-order valence-corrected chi connectivity index (χ4v) is 4.03. The summed E-state index contributed by atoms with van der Waals surface area (Å²) in [6, 6.07) is 14.0. The maximum Gasteiger partial charge on any atom is 0.335 e. The van der Waals surface area contributed by atoms with E-state index in [1.807, 2.05) is 13.1 Å². The van der Waals surface area contributed by atoms with Gasteiger partial charge in [-0.25, -0.2) is 4.79 Å². The third-order valence-corrected chi connectivity index (χ3v) is 5.74. The number of aromatic carboxylic acids is 1. The van der Waals surface area contributed by atoms with E-state index in [1.54, 1.807) is 12.1 Å². The highest BCUT2D eigenvalue weighted by Crippen LogP contribution is 2.40. The number of rotatable bonds is 6. The molecule has 4 nitrogen and oxygen atoms in total. The van der Waals surface area contributed by atoms with Crippen LogP contribution in [0.4, 0.5) is 11.4 Å². The third-order valence-electron chi connectivity index (χ3n) is 5.74. The van der Waals surface area contributed by atoms with Crippen LogP contribution < -0.4 is 4.90 Å². The molecule has 2 aromatic carbocycles. The van der Waals surface area contributed by atoms with Crippen molar-refractivity contribution < 1.29 is 14.5 Å². The summed E-state index contributed by atoms with van der Waals surface area (Å²) >= 11 is 0. The van der Waals surface area contributed by atoms with Crippen molar-refractivity contribution in [3.63, 3.8) is 0 Å². The lowest BCUT2D eigenvalue weighted by atomic mass is 9.80. The maximum absolute atomic E-state index is 11.4. The van der Waals surface area contributed by atoms with E-state index in [0.29, 0.717) is 5.56 Å². The first-order chi connectivity index (χ1) is 13.3. The Balaban J connectivity index is 1.90. The number of hydrogen-bond acceptors (Lipinski definition) is 2. The molecule has 4 heteroatoms. The molecule has 0 spiro atoms. The summed E-state index contributed by atoms with van der Waals surface area (Å²) in [5, 5.41) is 9.33. The Hall–Kier alpha value is -2.88. The van der Waals surface area contributed by atoms with Crippen molar-refractivity contribution in [1.29, 1.82) is 0 Å². The van der Waals surface area contributed by atoms with Crippen molar-refractivity contribution in [2.75, 3.05) is 25.0 Å². The van der Waals surface area contributed by atoms with Gasteiger partial charge in [-0.3, -0.25) is 0 Å². The first-order valence-corrected chi connectivity index (χ1v) is 9.81. The van der Waals surface area contributed by atoms with Gasteiger partial charge in [-0.05, 0) is 63.6 Å². The number of benzene rings is 2. The summed E-state index contributed by atoms with van der Waals surface area (Å²) < 4.78 is 2.15. The Bertz CT molecular complexity index is 949. The lowest BCUT2D eigenvalue weighted by molar-refractivity contribution is -0.401. The molecule has 3 rings (SSSR count). The molecule has 0 radical (unpaired) electrons. The quantitative estimate of drug-likeness (QED) is 0.724. The maximum atomic E-state index is 11.4. The number of carboxylic acid groups (broad SMARTS) is 1. The molecule has 0 saturated heterocycles. The Morgan fingerprint density at radius 2 is 1.71 bits per heavy atom. The second kappa shape index (κ2) is 7.63. The second-order valence-electron chi connectivity index (χ2n) is 7.70. The van der Waals surface area contributed by atoms with E-state index in [0.717, 1.165) is 35.6 Å². The Labute approximate surface area is 167 Å². The first kappa shape index (κ1) is 19.9. The van der Waals surface area contributed by atoms with Gasteiger partial charge in [-0.1, -0.05) is 12.1 Å². The van der Waals surface area contributed by atoms with E-state index >= 15 is 0 Å². The predicted octanol–water partition coefficient (Wildman–Crippen LogP) is 4.95. The molecule has 28 heavy (non-hydrogen) atoms. The molecule has 0 saturated carbocycles. The summed E-state index contributed by atoms with van der Waals surface area (Å²) in [6.07, 6.45) is 4.27. The van der Waals surface area contributed by atoms with Crippen LogP contribution in [0.5, 0.6) is 0 Å². The van der Waals surface area contributed by atoms with Crippen LogP contribution in [0.15, 0.2) is 48.5 Å². The van der Waals surface area contributed by atoms with E-state index < -0.39 is 5.97 Å². The van der Waals surface area contributed by atoms with Crippen molar-refractivity contribution in [1.82, 2.24) is 0 Å². The van der Waals surface area contributed by atoms with Crippen molar-refractivity contribution in [2.45, 2.75) is 33.1 Å². The average molecular weight is 378 g/mol. The van der Waals surface area contributed by atoms with Gasteiger partial charge in [0.1, 0.15) is 7.05 Å². The summed E-state index contributed by atoms with van der Waals surface area (Å²) in [7, 11) is 2.04. The monoisotopic (exact) mass is 377 g/mol. The van der Waals surface area contributed by atoms with Crippen LogP contribution in [0.3, 0.4) is 0 Å². The Morgan fingerprint density at radius 3 is 2.29 bits per heavy atom. The van der Waals surface area contributed by atoms with Gasteiger partial charge in [0.2, 0.25) is 5.69 Å². The highest BCUT2D eigenvalue weighted by atomic mass is 16.4. The lowest BCUT2D eigenvalue weighted by Crippen LogP contribution is -2.26. The van der Waals surface area contributed by atoms with Crippen LogP contribution in [-0.2, 0) is 5.41 Å². The van der Waals surface area contributed by atoms with Crippen molar-refractivity contribution in [3.8, 4) is 0 Å². The smallest absolute Gasteiger partial charge is 0.335 e. The zero-order chi connectivity index (χ0) is 20.5. The molecule has 1 aliphatic heterocycles. The van der Waals surface area contributed by atoms with Gasteiger partial charge in [-0.15, -0.1) is 0 Å². The standard InChI is InChI=1S/C24H28N2O2/c1-6-26(7-2)19-12-8-17(9-13-19)10-15-22-24(3,4)20-16-18(23(27)28)11-14-21(20)25(22)5/h8-16H,6-7H2,1-5H3/p+1. The minimum atomic E-state index is -0.890. The number of nitrogens with zero attached hydrogens (tertiary/aromatic N) is 2. The topological polar surface area (TPSA) is 43.5 Å². The molecule has 2 aromatic rings. The van der Waals surface area contributed by atoms with E-state index in [-0.39, 0.29) is 5.41 Å². The van der Waals surface area contributed by atoms with Gasteiger partial charge in [0.25, 0.3) is 0 Å². The molecule has 146 valence electrons. The summed E-state index contributed by atoms with van der Waals surface area (Å²) in [5.41, 5.74) is 5.72. The molecular formula is C24H29N2O2+. The van der Waals surface area contributed by atoms with Crippen LogP contribution in [0, 0.1) is 0 Å². The van der Waals surface area contributed by atoms with Crippen LogP contribution in [0.1, 0.15) is 49.2 Å². The second-order valence-corrected chi connectivity index (χ2v) is 7.70. The van der Waals surface area contributed by atoms with Gasteiger partial charge in [0.05, 0.1) is 11.0 Å². The average Bonchev–Trinajstić information content (AvgIpc) is 2.87. The largest absolute Gasteiger partial charge is 0.478 e. The van der Waals surface area contributed by atoms with Crippen LogP contribution in [0.25, 0.3) is 6.08 Å². The normalized spacial score (nSPS) is 15.2. The van der Waals surface area contributed by atoms with Crippen molar-refractivity contribution >= 4 is 29.1 Å². The minimum Gasteiger partial charge on any atom is -0.478 e. The molecule has 1 heterocycles. The zero-order valence-electron chi connectivity index (χ0n) is 17.4. The summed E-state index contributed by atoms with van der Waals surface area (Å²) in [6.45, 7) is 10.6. The first-order valence-electron chi connectivity index (χ1n) is 9.81. The third kappa shape index (κ3) is 3.47. The lowest BCUT2D eigenvalue weighted by Gasteiger charge is -2.20. The predicted molar refractivity (Wildman–Crippen MR) is 116 cm³/mol. The number of carbonyl (C=O) groups is 1. The molecule has 0 aliphatic carbocycles. The molecule has 1 aliphatic rings. The number of carboxylic acids is 1. The fraction of sp³-hybridized carbons (Fsp3) is 0.333. The molecule has 1 N–H and O–H groups in total. The molecule has 0 bridgehead atoms. The van der Waals surface area contributed by atoms with Crippen molar-refractivity contribution in [3.05, 3.63) is 65.2 Å². The minimum absolute atomic E-state index is 0.257. The number of anilines is 1. The van der Waals surface area contributed by atoms with E-state index in [9.17, 15) is 9.90 Å². The summed E-state index contributed by atoms with van der Waals surface area (Å²) in [4.78, 5) is 13.7. The highest BCUT2D eigenvalue weighted by Gasteiger charge is 2.43. The number of fused-ring (bicyclic) bond motifs is 1. The highest BCUT2D eigenvalue weighted by molar-refractivity contribution is 6.05. The van der Waals surface area contributed by atoms with Crippen LogP contribution >= 0.6 is 0 Å². The van der Waals surface area contributed by atoms with E-state index in [2.05, 4.69) is 73.6 Å².